The van der Waals surface area contributed by atoms with Crippen LogP contribution in [0.5, 0.6) is 17.2 Å². The molecule has 9 nitrogen and oxygen atoms in total. The van der Waals surface area contributed by atoms with Crippen molar-refractivity contribution in [2.45, 2.75) is 13.1 Å². The van der Waals surface area contributed by atoms with Crippen LogP contribution in [-0.2, 0) is 17.9 Å². The Hall–Kier alpha value is -3.62. The van der Waals surface area contributed by atoms with Crippen molar-refractivity contribution in [3.63, 3.8) is 0 Å². The zero-order valence-electron chi connectivity index (χ0n) is 16.2. The van der Waals surface area contributed by atoms with Gasteiger partial charge in [0.1, 0.15) is 25.5 Å². The molecule has 3 aromatic rings. The molecule has 4 rings (SSSR count). The highest BCUT2D eigenvalue weighted by atomic mass is 16.6. The lowest BCUT2D eigenvalue weighted by molar-refractivity contribution is -0.131. The summed E-state index contributed by atoms with van der Waals surface area (Å²) in [6.07, 6.45) is 0. The molecular formula is C20H21N5O4. The lowest BCUT2D eigenvalue weighted by atomic mass is 10.2. The molecule has 0 aliphatic carbocycles. The van der Waals surface area contributed by atoms with Gasteiger partial charge in [0.2, 0.25) is 11.7 Å². The van der Waals surface area contributed by atoms with Crippen LogP contribution in [0.15, 0.2) is 42.5 Å². The summed E-state index contributed by atoms with van der Waals surface area (Å²) in [5.74, 6) is 2.44. The summed E-state index contributed by atoms with van der Waals surface area (Å²) in [6, 6.07) is 13.0. The van der Waals surface area contributed by atoms with Crippen LogP contribution in [0.1, 0.15) is 5.56 Å². The first-order valence-corrected chi connectivity index (χ1v) is 9.17. The van der Waals surface area contributed by atoms with Gasteiger partial charge in [-0.1, -0.05) is 18.2 Å². The van der Waals surface area contributed by atoms with Gasteiger partial charge in [-0.15, -0.1) is 10.2 Å². The largest absolute Gasteiger partial charge is 0.497 e. The Kier molecular flexibility index (Phi) is 5.28. The van der Waals surface area contributed by atoms with Gasteiger partial charge in [0.25, 0.3) is 0 Å². The van der Waals surface area contributed by atoms with Gasteiger partial charge in [-0.2, -0.15) is 4.80 Å². The van der Waals surface area contributed by atoms with Gasteiger partial charge in [0.15, 0.2) is 11.5 Å². The van der Waals surface area contributed by atoms with Crippen molar-refractivity contribution in [3.8, 4) is 28.6 Å². The van der Waals surface area contributed by atoms with E-state index in [-0.39, 0.29) is 12.5 Å². The molecule has 29 heavy (non-hydrogen) atoms. The molecule has 0 atom stereocenters. The summed E-state index contributed by atoms with van der Waals surface area (Å²) in [4.78, 5) is 15.5. The van der Waals surface area contributed by atoms with E-state index < -0.39 is 0 Å². The number of carbonyl (C=O) groups is 1. The molecule has 1 aromatic heterocycles. The second-order valence-corrected chi connectivity index (χ2v) is 6.60. The predicted octanol–water partition coefficient (Wildman–Crippen LogP) is 1.78. The summed E-state index contributed by atoms with van der Waals surface area (Å²) < 4.78 is 16.3. The number of methoxy groups -OCH3 is 1. The maximum Gasteiger partial charge on any atom is 0.246 e. The normalized spacial score (nSPS) is 12.5. The van der Waals surface area contributed by atoms with Crippen molar-refractivity contribution < 1.29 is 19.0 Å². The number of benzene rings is 2. The van der Waals surface area contributed by atoms with Gasteiger partial charge in [0, 0.05) is 19.2 Å². The number of aromatic nitrogens is 4. The van der Waals surface area contributed by atoms with E-state index in [1.165, 1.54) is 4.80 Å². The number of hydrogen-bond donors (Lipinski definition) is 0. The molecule has 1 aliphatic rings. The number of amides is 1. The Morgan fingerprint density at radius 1 is 1.17 bits per heavy atom. The minimum atomic E-state index is -0.130. The molecule has 0 spiro atoms. The van der Waals surface area contributed by atoms with E-state index in [9.17, 15) is 4.79 Å². The molecule has 1 aliphatic heterocycles. The number of fused-ring (bicyclic) bond motifs is 1. The summed E-state index contributed by atoms with van der Waals surface area (Å²) in [5, 5.41) is 12.3. The monoisotopic (exact) mass is 395 g/mol. The third kappa shape index (κ3) is 4.29. The van der Waals surface area contributed by atoms with Crippen molar-refractivity contribution in [1.29, 1.82) is 0 Å². The number of ether oxygens (including phenoxy) is 3. The molecule has 150 valence electrons. The second kappa shape index (κ2) is 8.17. The van der Waals surface area contributed by atoms with Crippen molar-refractivity contribution >= 4 is 5.91 Å². The first-order chi connectivity index (χ1) is 14.1. The van der Waals surface area contributed by atoms with Gasteiger partial charge >= 0.3 is 0 Å². The molecule has 0 unspecified atom stereocenters. The average molecular weight is 395 g/mol. The standard InChI is InChI=1S/C20H21N5O4/c1-24(12-14-6-7-17-18(10-14)29-9-8-28-17)19(26)13-25-22-20(21-23-25)15-4-3-5-16(11-15)27-2/h3-7,10-11H,8-9,12-13H2,1-2H3. The Morgan fingerprint density at radius 3 is 2.83 bits per heavy atom. The smallest absolute Gasteiger partial charge is 0.246 e. The van der Waals surface area contributed by atoms with E-state index in [0.29, 0.717) is 37.1 Å². The zero-order chi connectivity index (χ0) is 20.2. The van der Waals surface area contributed by atoms with E-state index in [0.717, 1.165) is 16.9 Å². The van der Waals surface area contributed by atoms with Crippen molar-refractivity contribution in [3.05, 3.63) is 48.0 Å². The van der Waals surface area contributed by atoms with Gasteiger partial charge in [-0.25, -0.2) is 0 Å². The SMILES string of the molecule is COc1cccc(-c2nnn(CC(=O)N(C)Cc3ccc4c(c3)OCCO4)n2)c1. The topological polar surface area (TPSA) is 91.6 Å². The summed E-state index contributed by atoms with van der Waals surface area (Å²) >= 11 is 0. The summed E-state index contributed by atoms with van der Waals surface area (Å²) in [6.45, 7) is 1.51. The van der Waals surface area contributed by atoms with Gasteiger partial charge in [-0.3, -0.25) is 4.79 Å². The molecule has 0 fully saturated rings. The molecule has 0 N–H and O–H groups in total. The second-order valence-electron chi connectivity index (χ2n) is 6.60. The molecule has 2 aromatic carbocycles. The first kappa shape index (κ1) is 18.7. The fourth-order valence-corrected chi connectivity index (χ4v) is 2.98. The zero-order valence-corrected chi connectivity index (χ0v) is 16.2. The maximum absolute atomic E-state index is 12.6. The highest BCUT2D eigenvalue weighted by Gasteiger charge is 2.16. The van der Waals surface area contributed by atoms with Crippen LogP contribution in [0.4, 0.5) is 0 Å². The first-order valence-electron chi connectivity index (χ1n) is 9.17. The highest BCUT2D eigenvalue weighted by Crippen LogP contribution is 2.31. The van der Waals surface area contributed by atoms with Gasteiger partial charge < -0.3 is 19.1 Å². The third-order valence-electron chi connectivity index (χ3n) is 4.51. The molecule has 0 saturated heterocycles. The Balaban J connectivity index is 1.39. The van der Waals surface area contributed by atoms with Crippen LogP contribution in [0.3, 0.4) is 0 Å². The van der Waals surface area contributed by atoms with Crippen LogP contribution in [0.25, 0.3) is 11.4 Å². The molecule has 0 bridgehead atoms. The van der Waals surface area contributed by atoms with Crippen molar-refractivity contribution in [2.24, 2.45) is 0 Å². The van der Waals surface area contributed by atoms with E-state index >= 15 is 0 Å². The fourth-order valence-electron chi connectivity index (χ4n) is 2.98. The minimum absolute atomic E-state index is 0.00196. The van der Waals surface area contributed by atoms with Crippen LogP contribution < -0.4 is 14.2 Å². The minimum Gasteiger partial charge on any atom is -0.497 e. The van der Waals surface area contributed by atoms with E-state index in [4.69, 9.17) is 14.2 Å². The van der Waals surface area contributed by atoms with Gasteiger partial charge in [0.05, 0.1) is 7.11 Å². The molecule has 0 radical (unpaired) electrons. The number of rotatable bonds is 6. The number of likely N-dealkylation sites (N-methyl/N-ethyl adjacent to an activating group) is 1. The van der Waals surface area contributed by atoms with Crippen molar-refractivity contribution in [2.75, 3.05) is 27.4 Å². The van der Waals surface area contributed by atoms with Crippen LogP contribution >= 0.6 is 0 Å². The van der Waals surface area contributed by atoms with Crippen LogP contribution in [0.2, 0.25) is 0 Å². The maximum atomic E-state index is 12.6. The lowest BCUT2D eigenvalue weighted by Gasteiger charge is -2.21. The molecule has 1 amide bonds. The van der Waals surface area contributed by atoms with Gasteiger partial charge in [-0.05, 0) is 35.0 Å². The highest BCUT2D eigenvalue weighted by molar-refractivity contribution is 5.75. The van der Waals surface area contributed by atoms with Crippen molar-refractivity contribution in [1.82, 2.24) is 25.1 Å². The number of carbonyl (C=O) groups excluding carboxylic acids is 1. The number of hydrogen-bond acceptors (Lipinski definition) is 7. The average Bonchev–Trinajstić information content (AvgIpc) is 3.22. The quantitative estimate of drug-likeness (QED) is 0.628. The Bertz CT molecular complexity index is 1020. The van der Waals surface area contributed by atoms with E-state index in [2.05, 4.69) is 15.4 Å². The third-order valence-corrected chi connectivity index (χ3v) is 4.51. The predicted molar refractivity (Wildman–Crippen MR) is 104 cm³/mol. The van der Waals surface area contributed by atoms with Crippen LogP contribution in [0, 0.1) is 0 Å². The van der Waals surface area contributed by atoms with E-state index in [1.54, 1.807) is 19.1 Å². The number of nitrogens with zero attached hydrogens (tertiary/aromatic N) is 5. The summed E-state index contributed by atoms with van der Waals surface area (Å²) in [7, 11) is 3.33. The Labute approximate surface area is 167 Å². The molecule has 0 saturated carbocycles. The molecule has 9 heteroatoms. The molecular weight excluding hydrogens is 374 g/mol. The fraction of sp³-hybridized carbons (Fsp3) is 0.300. The lowest BCUT2D eigenvalue weighted by Crippen LogP contribution is -2.30. The number of tetrazole rings is 1. The van der Waals surface area contributed by atoms with E-state index in [1.807, 2.05) is 42.5 Å². The molecule has 2 heterocycles. The Morgan fingerprint density at radius 2 is 2.00 bits per heavy atom. The van der Waals surface area contributed by atoms with Crippen LogP contribution in [-0.4, -0.2) is 58.4 Å². The summed E-state index contributed by atoms with van der Waals surface area (Å²) in [5.41, 5.74) is 1.72.